The summed E-state index contributed by atoms with van der Waals surface area (Å²) in [7, 11) is 0. The van der Waals surface area contributed by atoms with Crippen LogP contribution in [-0.4, -0.2) is 47.2 Å². The number of halogens is 2. The molecule has 0 aliphatic carbocycles. The second-order valence-electron chi connectivity index (χ2n) is 3.57. The molecule has 0 aromatic rings. The molecule has 0 aromatic carbocycles. The monoisotopic (exact) mass is 298 g/mol. The predicted molar refractivity (Wildman–Crippen MR) is 67.9 cm³/mol. The zero-order valence-corrected chi connectivity index (χ0v) is 11.3. The van der Waals surface area contributed by atoms with E-state index in [9.17, 15) is 14.4 Å². The second kappa shape index (κ2) is 9.96. The average molecular weight is 299 g/mol. The smallest absolute Gasteiger partial charge is 0.326 e. The first kappa shape index (κ1) is 17.0. The van der Waals surface area contributed by atoms with E-state index in [2.05, 4.69) is 10.6 Å². The fourth-order valence-electron chi connectivity index (χ4n) is 1.24. The molecule has 104 valence electrons. The van der Waals surface area contributed by atoms with E-state index in [-0.39, 0.29) is 24.1 Å². The number of nitrogens with one attached hydrogen (secondary N) is 2. The molecule has 0 fully saturated rings. The van der Waals surface area contributed by atoms with Gasteiger partial charge in [0, 0.05) is 6.54 Å². The Morgan fingerprint density at radius 3 is 2.17 bits per heavy atom. The van der Waals surface area contributed by atoms with Gasteiger partial charge >= 0.3 is 5.97 Å². The summed E-state index contributed by atoms with van der Waals surface area (Å²) in [5, 5.41) is 13.7. The van der Waals surface area contributed by atoms with Crippen molar-refractivity contribution >= 4 is 41.0 Å². The lowest BCUT2D eigenvalue weighted by Gasteiger charge is -2.13. The number of unbranched alkanes of at least 4 members (excludes halogenated alkanes) is 1. The summed E-state index contributed by atoms with van der Waals surface area (Å²) < 4.78 is 0. The zero-order valence-electron chi connectivity index (χ0n) is 9.75. The second-order valence-corrected chi connectivity index (χ2v) is 4.11. The molecule has 0 spiro atoms. The Hall–Kier alpha value is -1.01. The SMILES string of the molecule is O=C(CCl)NCCCCC(NC(=O)CCl)C(=O)O. The van der Waals surface area contributed by atoms with E-state index in [1.807, 2.05) is 0 Å². The summed E-state index contributed by atoms with van der Waals surface area (Å²) in [6.07, 6.45) is 1.46. The van der Waals surface area contributed by atoms with Crippen molar-refractivity contribution in [2.45, 2.75) is 25.3 Å². The predicted octanol–water partition coefficient (Wildman–Crippen LogP) is 0.320. The number of carbonyl (C=O) groups excluding carboxylic acids is 2. The molecule has 0 bridgehead atoms. The van der Waals surface area contributed by atoms with Crippen molar-refractivity contribution in [1.29, 1.82) is 0 Å². The van der Waals surface area contributed by atoms with Gasteiger partial charge in [0.25, 0.3) is 0 Å². The van der Waals surface area contributed by atoms with Crippen molar-refractivity contribution in [1.82, 2.24) is 10.6 Å². The Morgan fingerprint density at radius 1 is 1.06 bits per heavy atom. The first-order valence-corrected chi connectivity index (χ1v) is 6.49. The van der Waals surface area contributed by atoms with E-state index >= 15 is 0 Å². The fraction of sp³-hybridized carbons (Fsp3) is 0.700. The van der Waals surface area contributed by atoms with Crippen molar-refractivity contribution in [2.24, 2.45) is 0 Å². The van der Waals surface area contributed by atoms with Gasteiger partial charge in [-0.05, 0) is 19.3 Å². The minimum atomic E-state index is -1.10. The molecule has 1 atom stereocenters. The highest BCUT2D eigenvalue weighted by Gasteiger charge is 2.18. The minimum Gasteiger partial charge on any atom is -0.480 e. The van der Waals surface area contributed by atoms with Crippen LogP contribution >= 0.6 is 23.2 Å². The van der Waals surface area contributed by atoms with Crippen LogP contribution in [0, 0.1) is 0 Å². The van der Waals surface area contributed by atoms with E-state index in [1.165, 1.54) is 0 Å². The summed E-state index contributed by atoms with van der Waals surface area (Å²) in [5.74, 6) is -2.24. The van der Waals surface area contributed by atoms with Crippen LogP contribution in [0.4, 0.5) is 0 Å². The lowest BCUT2D eigenvalue weighted by atomic mass is 10.1. The topological polar surface area (TPSA) is 95.5 Å². The number of alkyl halides is 2. The molecule has 0 radical (unpaired) electrons. The first-order chi connectivity index (χ1) is 8.51. The van der Waals surface area contributed by atoms with E-state index in [0.29, 0.717) is 19.4 Å². The maximum absolute atomic E-state index is 11.0. The third kappa shape index (κ3) is 8.14. The van der Waals surface area contributed by atoms with Crippen molar-refractivity contribution in [3.8, 4) is 0 Å². The Bertz CT molecular complexity index is 300. The molecular formula is C10H16Cl2N2O4. The van der Waals surface area contributed by atoms with Crippen LogP contribution in [0.15, 0.2) is 0 Å². The molecule has 3 N–H and O–H groups in total. The Labute approximate surface area is 115 Å². The maximum atomic E-state index is 11.0. The molecule has 0 aliphatic rings. The van der Waals surface area contributed by atoms with Gasteiger partial charge in [-0.25, -0.2) is 4.79 Å². The molecular weight excluding hydrogens is 283 g/mol. The molecule has 18 heavy (non-hydrogen) atoms. The average Bonchev–Trinajstić information content (AvgIpc) is 2.35. The highest BCUT2D eigenvalue weighted by molar-refractivity contribution is 6.27. The summed E-state index contributed by atoms with van der Waals surface area (Å²) in [5.41, 5.74) is 0. The minimum absolute atomic E-state index is 0.0937. The van der Waals surface area contributed by atoms with Gasteiger partial charge in [0.2, 0.25) is 11.8 Å². The molecule has 0 aromatic heterocycles. The van der Waals surface area contributed by atoms with Crippen LogP contribution in [0.5, 0.6) is 0 Å². The summed E-state index contributed by atoms with van der Waals surface area (Å²) >= 11 is 10.6. The van der Waals surface area contributed by atoms with Gasteiger partial charge in [0.15, 0.2) is 0 Å². The van der Waals surface area contributed by atoms with Gasteiger partial charge in [0.05, 0.1) is 0 Å². The molecule has 0 heterocycles. The molecule has 0 saturated carbocycles. The number of hydrogen-bond donors (Lipinski definition) is 3. The number of hydrogen-bond acceptors (Lipinski definition) is 3. The van der Waals surface area contributed by atoms with Crippen LogP contribution in [-0.2, 0) is 14.4 Å². The van der Waals surface area contributed by atoms with Gasteiger partial charge in [0.1, 0.15) is 17.8 Å². The third-order valence-electron chi connectivity index (χ3n) is 2.12. The van der Waals surface area contributed by atoms with Crippen LogP contribution in [0.2, 0.25) is 0 Å². The number of amides is 2. The Balaban J connectivity index is 3.81. The van der Waals surface area contributed by atoms with Gasteiger partial charge in [-0.3, -0.25) is 9.59 Å². The van der Waals surface area contributed by atoms with Crippen molar-refractivity contribution in [3.63, 3.8) is 0 Å². The lowest BCUT2D eigenvalue weighted by molar-refractivity contribution is -0.141. The van der Waals surface area contributed by atoms with E-state index in [1.54, 1.807) is 0 Å². The molecule has 1 unspecified atom stereocenters. The molecule has 8 heteroatoms. The summed E-state index contributed by atoms with van der Waals surface area (Å²) in [6, 6.07) is -0.944. The third-order valence-corrected chi connectivity index (χ3v) is 2.60. The number of carbonyl (C=O) groups is 3. The van der Waals surface area contributed by atoms with Gasteiger partial charge in [-0.2, -0.15) is 0 Å². The van der Waals surface area contributed by atoms with Crippen molar-refractivity contribution in [2.75, 3.05) is 18.3 Å². The highest BCUT2D eigenvalue weighted by Crippen LogP contribution is 2.01. The van der Waals surface area contributed by atoms with Crippen molar-refractivity contribution in [3.05, 3.63) is 0 Å². The number of aliphatic carboxylic acids is 1. The normalized spacial score (nSPS) is 11.7. The molecule has 0 rings (SSSR count). The Kier molecular flexibility index (Phi) is 9.40. The van der Waals surface area contributed by atoms with E-state index in [0.717, 1.165) is 0 Å². The largest absolute Gasteiger partial charge is 0.480 e. The van der Waals surface area contributed by atoms with E-state index < -0.39 is 17.9 Å². The van der Waals surface area contributed by atoms with Crippen LogP contribution in [0.25, 0.3) is 0 Å². The lowest BCUT2D eigenvalue weighted by Crippen LogP contribution is -2.41. The number of rotatable bonds is 9. The molecule has 0 saturated heterocycles. The van der Waals surface area contributed by atoms with Gasteiger partial charge in [-0.15, -0.1) is 23.2 Å². The molecule has 2 amide bonds. The van der Waals surface area contributed by atoms with E-state index in [4.69, 9.17) is 28.3 Å². The summed E-state index contributed by atoms with van der Waals surface area (Å²) in [6.45, 7) is 0.432. The fourth-order valence-corrected chi connectivity index (χ4v) is 1.41. The standard InChI is InChI=1S/C10H16Cl2N2O4/c11-5-8(15)13-4-2-1-3-7(10(17)18)14-9(16)6-12/h7H,1-6H2,(H,13,15)(H,14,16)(H,17,18). The van der Waals surface area contributed by atoms with Gasteiger partial charge < -0.3 is 15.7 Å². The zero-order chi connectivity index (χ0) is 14.0. The van der Waals surface area contributed by atoms with Crippen LogP contribution in [0.3, 0.4) is 0 Å². The van der Waals surface area contributed by atoms with Crippen molar-refractivity contribution < 1.29 is 19.5 Å². The quantitative estimate of drug-likeness (QED) is 0.422. The molecule has 0 aliphatic heterocycles. The number of carboxylic acid groups (broad SMARTS) is 1. The van der Waals surface area contributed by atoms with Gasteiger partial charge in [-0.1, -0.05) is 0 Å². The Morgan fingerprint density at radius 2 is 1.67 bits per heavy atom. The van der Waals surface area contributed by atoms with Crippen LogP contribution in [0.1, 0.15) is 19.3 Å². The molecule has 6 nitrogen and oxygen atoms in total. The number of carboxylic acids is 1. The summed E-state index contributed by atoms with van der Waals surface area (Å²) in [4.78, 5) is 32.6. The first-order valence-electron chi connectivity index (χ1n) is 5.42. The van der Waals surface area contributed by atoms with Crippen LogP contribution < -0.4 is 10.6 Å². The highest BCUT2D eigenvalue weighted by atomic mass is 35.5. The maximum Gasteiger partial charge on any atom is 0.326 e.